The third kappa shape index (κ3) is 4.25. The SMILES string of the molecule is CCC(CC)NC(=O)C1CCc2sc(C(=O)N3CCCCC3)cc2C1. The third-order valence-electron chi connectivity index (χ3n) is 5.64. The van der Waals surface area contributed by atoms with Gasteiger partial charge in [0.05, 0.1) is 4.88 Å². The van der Waals surface area contributed by atoms with Crippen molar-refractivity contribution in [3.05, 3.63) is 21.4 Å². The van der Waals surface area contributed by atoms with Crippen LogP contribution in [0.15, 0.2) is 6.07 Å². The van der Waals surface area contributed by atoms with E-state index in [2.05, 4.69) is 25.2 Å². The Balaban J connectivity index is 1.64. The standard InChI is InChI=1S/C20H30N2O2S/c1-3-16(4-2)21-19(23)14-8-9-17-15(12-14)13-18(25-17)20(24)22-10-6-5-7-11-22/h13-14,16H,3-12H2,1-2H3,(H,21,23). The minimum atomic E-state index is 0.0561. The molecule has 2 aliphatic rings. The molecule has 0 bridgehead atoms. The van der Waals surface area contributed by atoms with Gasteiger partial charge in [-0.3, -0.25) is 9.59 Å². The maximum atomic E-state index is 12.7. The van der Waals surface area contributed by atoms with Gasteiger partial charge in [0.25, 0.3) is 5.91 Å². The topological polar surface area (TPSA) is 49.4 Å². The van der Waals surface area contributed by atoms with Gasteiger partial charge in [0.1, 0.15) is 0 Å². The highest BCUT2D eigenvalue weighted by Crippen LogP contribution is 2.33. The Kier molecular flexibility index (Phi) is 6.15. The number of carbonyl (C=O) groups is 2. The molecule has 1 atom stereocenters. The van der Waals surface area contributed by atoms with Crippen molar-refractivity contribution in [2.75, 3.05) is 13.1 Å². The molecule has 0 spiro atoms. The monoisotopic (exact) mass is 362 g/mol. The normalized spacial score (nSPS) is 20.4. The van der Waals surface area contributed by atoms with E-state index in [1.165, 1.54) is 16.9 Å². The van der Waals surface area contributed by atoms with Crippen molar-refractivity contribution in [3.8, 4) is 0 Å². The van der Waals surface area contributed by atoms with Crippen LogP contribution in [0.2, 0.25) is 0 Å². The minimum Gasteiger partial charge on any atom is -0.353 e. The van der Waals surface area contributed by atoms with Gasteiger partial charge in [-0.25, -0.2) is 0 Å². The molecular formula is C20H30N2O2S. The average molecular weight is 363 g/mol. The summed E-state index contributed by atoms with van der Waals surface area (Å²) in [5.74, 6) is 0.437. The number of aryl methyl sites for hydroxylation is 1. The summed E-state index contributed by atoms with van der Waals surface area (Å²) >= 11 is 1.65. The van der Waals surface area contributed by atoms with Crippen LogP contribution in [0.4, 0.5) is 0 Å². The first-order chi connectivity index (χ1) is 12.1. The van der Waals surface area contributed by atoms with Crippen LogP contribution in [0.3, 0.4) is 0 Å². The molecule has 1 N–H and O–H groups in total. The molecule has 1 aromatic heterocycles. The van der Waals surface area contributed by atoms with Crippen molar-refractivity contribution in [2.45, 2.75) is 71.3 Å². The second-order valence-corrected chi connectivity index (χ2v) is 8.51. The molecule has 25 heavy (non-hydrogen) atoms. The molecule has 2 amide bonds. The zero-order valence-corrected chi connectivity index (χ0v) is 16.3. The average Bonchev–Trinajstić information content (AvgIpc) is 3.09. The van der Waals surface area contributed by atoms with Gasteiger partial charge in [-0.1, -0.05) is 13.8 Å². The maximum Gasteiger partial charge on any atom is 0.263 e. The number of fused-ring (bicyclic) bond motifs is 1. The van der Waals surface area contributed by atoms with E-state index in [4.69, 9.17) is 0 Å². The number of rotatable bonds is 5. The summed E-state index contributed by atoms with van der Waals surface area (Å²) in [5, 5.41) is 3.19. The van der Waals surface area contributed by atoms with E-state index >= 15 is 0 Å². The second kappa shape index (κ2) is 8.35. The van der Waals surface area contributed by atoms with Gasteiger partial charge in [-0.15, -0.1) is 11.3 Å². The van der Waals surface area contributed by atoms with Gasteiger partial charge in [-0.2, -0.15) is 0 Å². The fourth-order valence-electron chi connectivity index (χ4n) is 3.92. The van der Waals surface area contributed by atoms with E-state index in [1.54, 1.807) is 11.3 Å². The molecule has 1 unspecified atom stereocenters. The summed E-state index contributed by atoms with van der Waals surface area (Å²) in [6, 6.07) is 2.35. The van der Waals surface area contributed by atoms with Crippen LogP contribution >= 0.6 is 11.3 Å². The lowest BCUT2D eigenvalue weighted by molar-refractivity contribution is -0.126. The number of hydrogen-bond acceptors (Lipinski definition) is 3. The molecule has 4 nitrogen and oxygen atoms in total. The van der Waals surface area contributed by atoms with Gasteiger partial charge in [0.15, 0.2) is 0 Å². The number of likely N-dealkylation sites (tertiary alicyclic amines) is 1. The molecule has 1 aromatic rings. The summed E-state index contributed by atoms with van der Waals surface area (Å²) in [5.41, 5.74) is 1.22. The van der Waals surface area contributed by atoms with Crippen molar-refractivity contribution < 1.29 is 9.59 Å². The van der Waals surface area contributed by atoms with Crippen LogP contribution in [-0.4, -0.2) is 35.8 Å². The number of carbonyl (C=O) groups excluding carboxylic acids is 2. The summed E-state index contributed by atoms with van der Waals surface area (Å²) in [6.07, 6.45) is 8.04. The predicted octanol–water partition coefficient (Wildman–Crippen LogP) is 3.78. The molecule has 2 heterocycles. The molecule has 5 heteroatoms. The van der Waals surface area contributed by atoms with Crippen LogP contribution in [0.25, 0.3) is 0 Å². The lowest BCUT2D eigenvalue weighted by atomic mass is 9.87. The first kappa shape index (κ1) is 18.4. The predicted molar refractivity (Wildman–Crippen MR) is 102 cm³/mol. The first-order valence-electron chi connectivity index (χ1n) is 9.83. The van der Waals surface area contributed by atoms with Crippen molar-refractivity contribution in [1.29, 1.82) is 0 Å². The van der Waals surface area contributed by atoms with Crippen LogP contribution < -0.4 is 5.32 Å². The van der Waals surface area contributed by atoms with Crippen molar-refractivity contribution >= 4 is 23.2 Å². The molecule has 1 aliphatic heterocycles. The van der Waals surface area contributed by atoms with E-state index in [9.17, 15) is 9.59 Å². The Hall–Kier alpha value is -1.36. The molecule has 0 saturated carbocycles. The van der Waals surface area contributed by atoms with Crippen molar-refractivity contribution in [3.63, 3.8) is 0 Å². The van der Waals surface area contributed by atoms with Gasteiger partial charge < -0.3 is 10.2 Å². The van der Waals surface area contributed by atoms with Crippen LogP contribution in [0.1, 0.15) is 72.5 Å². The van der Waals surface area contributed by atoms with Crippen LogP contribution in [0, 0.1) is 5.92 Å². The second-order valence-electron chi connectivity index (χ2n) is 7.37. The summed E-state index contributed by atoms with van der Waals surface area (Å²) in [6.45, 7) is 6.01. The van der Waals surface area contributed by atoms with Crippen LogP contribution in [-0.2, 0) is 17.6 Å². The van der Waals surface area contributed by atoms with Gasteiger partial charge in [0, 0.05) is 29.9 Å². The molecule has 1 saturated heterocycles. The van der Waals surface area contributed by atoms with E-state index < -0.39 is 0 Å². The number of nitrogens with one attached hydrogen (secondary N) is 1. The van der Waals surface area contributed by atoms with Crippen molar-refractivity contribution in [2.24, 2.45) is 5.92 Å². The number of thiophene rings is 1. The number of amides is 2. The Labute approximate surface area is 155 Å². The largest absolute Gasteiger partial charge is 0.353 e. The Bertz CT molecular complexity index is 615. The van der Waals surface area contributed by atoms with E-state index in [0.717, 1.165) is 62.9 Å². The van der Waals surface area contributed by atoms with E-state index in [1.807, 2.05) is 4.90 Å². The first-order valence-corrected chi connectivity index (χ1v) is 10.6. The molecule has 3 rings (SSSR count). The number of nitrogens with zero attached hydrogens (tertiary/aromatic N) is 1. The fraction of sp³-hybridized carbons (Fsp3) is 0.700. The Morgan fingerprint density at radius 2 is 1.96 bits per heavy atom. The van der Waals surface area contributed by atoms with Gasteiger partial charge in [0.2, 0.25) is 5.91 Å². The van der Waals surface area contributed by atoms with E-state index in [0.29, 0.717) is 0 Å². The summed E-state index contributed by atoms with van der Waals surface area (Å²) in [4.78, 5) is 29.4. The molecule has 1 fully saturated rings. The summed E-state index contributed by atoms with van der Waals surface area (Å²) in [7, 11) is 0. The quantitative estimate of drug-likeness (QED) is 0.866. The fourth-order valence-corrected chi connectivity index (χ4v) is 5.09. The molecule has 1 aliphatic carbocycles. The Morgan fingerprint density at radius 3 is 2.64 bits per heavy atom. The lowest BCUT2D eigenvalue weighted by Gasteiger charge is -2.26. The highest BCUT2D eigenvalue weighted by atomic mass is 32.1. The zero-order chi connectivity index (χ0) is 17.8. The zero-order valence-electron chi connectivity index (χ0n) is 15.5. The molecular weight excluding hydrogens is 332 g/mol. The number of hydrogen-bond donors (Lipinski definition) is 1. The Morgan fingerprint density at radius 1 is 1.24 bits per heavy atom. The molecule has 138 valence electrons. The van der Waals surface area contributed by atoms with Crippen molar-refractivity contribution in [1.82, 2.24) is 10.2 Å². The highest BCUT2D eigenvalue weighted by Gasteiger charge is 2.29. The maximum absolute atomic E-state index is 12.7. The number of piperidine rings is 1. The highest BCUT2D eigenvalue weighted by molar-refractivity contribution is 7.14. The van der Waals surface area contributed by atoms with E-state index in [-0.39, 0.29) is 23.8 Å². The van der Waals surface area contributed by atoms with Gasteiger partial charge in [-0.05, 0) is 63.0 Å². The lowest BCUT2D eigenvalue weighted by Crippen LogP contribution is -2.40. The van der Waals surface area contributed by atoms with Crippen LogP contribution in [0.5, 0.6) is 0 Å². The molecule has 0 aromatic carbocycles. The molecule has 0 radical (unpaired) electrons. The van der Waals surface area contributed by atoms with Gasteiger partial charge >= 0.3 is 0 Å². The minimum absolute atomic E-state index is 0.0561. The summed E-state index contributed by atoms with van der Waals surface area (Å²) < 4.78 is 0. The smallest absolute Gasteiger partial charge is 0.263 e. The third-order valence-corrected chi connectivity index (χ3v) is 6.86.